The number of nitrogens with one attached hydrogen (secondary N) is 1. The summed E-state index contributed by atoms with van der Waals surface area (Å²) in [7, 11) is 0. The maximum absolute atomic E-state index is 12.6. The fourth-order valence-corrected chi connectivity index (χ4v) is 1.46. The number of benzene rings is 1. The fourth-order valence-electron chi connectivity index (χ4n) is 1.46. The Morgan fingerprint density at radius 3 is 2.44 bits per heavy atom. The van der Waals surface area contributed by atoms with Crippen molar-refractivity contribution in [1.29, 1.82) is 0 Å². The molecule has 2 nitrogen and oxygen atoms in total. The van der Waals surface area contributed by atoms with E-state index in [1.54, 1.807) is 6.92 Å². The van der Waals surface area contributed by atoms with E-state index in [-0.39, 0.29) is 5.56 Å². The van der Waals surface area contributed by atoms with E-state index < -0.39 is 11.7 Å². The molecule has 0 unspecified atom stereocenters. The molecule has 0 fully saturated rings. The summed E-state index contributed by atoms with van der Waals surface area (Å²) in [5.41, 5.74) is 0.301. The van der Waals surface area contributed by atoms with Crippen LogP contribution in [0, 0.1) is 6.92 Å². The van der Waals surface area contributed by atoms with Crippen LogP contribution in [0.25, 0.3) is 0 Å². The SMILES string of the molecule is C=Nc1cc(C)c(C(F)(F)F)cc1NCC. The van der Waals surface area contributed by atoms with Gasteiger partial charge in [0.05, 0.1) is 16.9 Å². The maximum atomic E-state index is 12.6. The second-order valence-corrected chi connectivity index (χ2v) is 3.37. The van der Waals surface area contributed by atoms with Crippen molar-refractivity contribution >= 4 is 18.1 Å². The Morgan fingerprint density at radius 2 is 2.00 bits per heavy atom. The maximum Gasteiger partial charge on any atom is 0.416 e. The van der Waals surface area contributed by atoms with Gasteiger partial charge in [0.1, 0.15) is 0 Å². The first kappa shape index (κ1) is 12.5. The Kier molecular flexibility index (Phi) is 3.57. The van der Waals surface area contributed by atoms with Crippen molar-refractivity contribution in [3.63, 3.8) is 0 Å². The van der Waals surface area contributed by atoms with Crippen molar-refractivity contribution in [2.45, 2.75) is 20.0 Å². The molecule has 0 heterocycles. The summed E-state index contributed by atoms with van der Waals surface area (Å²) in [5.74, 6) is 0. The first-order valence-corrected chi connectivity index (χ1v) is 4.82. The minimum absolute atomic E-state index is 0.150. The van der Waals surface area contributed by atoms with E-state index in [2.05, 4.69) is 17.0 Å². The average molecular weight is 230 g/mol. The third-order valence-electron chi connectivity index (χ3n) is 2.19. The number of hydrogen-bond acceptors (Lipinski definition) is 2. The largest absolute Gasteiger partial charge is 0.416 e. The van der Waals surface area contributed by atoms with Gasteiger partial charge in [-0.3, -0.25) is 4.99 Å². The molecular weight excluding hydrogens is 217 g/mol. The minimum atomic E-state index is -4.34. The number of anilines is 1. The Morgan fingerprint density at radius 1 is 1.38 bits per heavy atom. The Hall–Kier alpha value is -1.52. The van der Waals surface area contributed by atoms with Crippen LogP contribution in [-0.2, 0) is 6.18 Å². The standard InChI is InChI=1S/C11H13F3N2/c1-4-16-10-6-8(11(12,13)14)7(2)5-9(10)15-3/h5-6,16H,3-4H2,1-2H3. The summed E-state index contributed by atoms with van der Waals surface area (Å²) in [4.78, 5) is 3.69. The first-order chi connectivity index (χ1) is 7.40. The van der Waals surface area contributed by atoms with Crippen LogP contribution in [0.15, 0.2) is 17.1 Å². The van der Waals surface area contributed by atoms with Gasteiger partial charge in [-0.25, -0.2) is 0 Å². The molecule has 0 amide bonds. The molecule has 1 aromatic rings. The number of hydrogen-bond donors (Lipinski definition) is 1. The lowest BCUT2D eigenvalue weighted by Crippen LogP contribution is -2.09. The highest BCUT2D eigenvalue weighted by molar-refractivity contribution is 5.70. The molecule has 0 saturated carbocycles. The molecule has 1 N–H and O–H groups in total. The van der Waals surface area contributed by atoms with E-state index in [1.165, 1.54) is 13.0 Å². The highest BCUT2D eigenvalue weighted by atomic mass is 19.4. The zero-order chi connectivity index (χ0) is 12.3. The zero-order valence-corrected chi connectivity index (χ0v) is 9.15. The molecule has 88 valence electrons. The van der Waals surface area contributed by atoms with Crippen LogP contribution < -0.4 is 5.32 Å². The summed E-state index contributed by atoms with van der Waals surface area (Å²) in [6.07, 6.45) is -4.34. The van der Waals surface area contributed by atoms with Gasteiger partial charge >= 0.3 is 6.18 Å². The Labute approximate surface area is 92.2 Å². The van der Waals surface area contributed by atoms with E-state index in [1.807, 2.05) is 0 Å². The third-order valence-corrected chi connectivity index (χ3v) is 2.19. The molecule has 0 atom stereocenters. The normalized spacial score (nSPS) is 11.3. The molecule has 0 aliphatic heterocycles. The number of rotatable bonds is 3. The van der Waals surface area contributed by atoms with Gasteiger partial charge in [-0.2, -0.15) is 13.2 Å². The van der Waals surface area contributed by atoms with Crippen LogP contribution in [-0.4, -0.2) is 13.3 Å². The first-order valence-electron chi connectivity index (χ1n) is 4.82. The minimum Gasteiger partial charge on any atom is -0.384 e. The highest BCUT2D eigenvalue weighted by Gasteiger charge is 2.33. The van der Waals surface area contributed by atoms with Crippen LogP contribution >= 0.6 is 0 Å². The quantitative estimate of drug-likeness (QED) is 0.785. The molecule has 5 heteroatoms. The Balaban J connectivity index is 3.33. The van der Waals surface area contributed by atoms with Gasteiger partial charge in [-0.1, -0.05) is 0 Å². The second-order valence-electron chi connectivity index (χ2n) is 3.37. The van der Waals surface area contributed by atoms with Crippen molar-refractivity contribution in [1.82, 2.24) is 0 Å². The van der Waals surface area contributed by atoms with Crippen molar-refractivity contribution in [2.75, 3.05) is 11.9 Å². The van der Waals surface area contributed by atoms with E-state index >= 15 is 0 Å². The molecule has 16 heavy (non-hydrogen) atoms. The predicted octanol–water partition coefficient (Wildman–Crippen LogP) is 3.78. The molecule has 0 spiro atoms. The van der Waals surface area contributed by atoms with Crippen molar-refractivity contribution < 1.29 is 13.2 Å². The van der Waals surface area contributed by atoms with Crippen molar-refractivity contribution in [3.8, 4) is 0 Å². The number of aryl methyl sites for hydroxylation is 1. The van der Waals surface area contributed by atoms with E-state index in [4.69, 9.17) is 0 Å². The lowest BCUT2D eigenvalue weighted by atomic mass is 10.1. The van der Waals surface area contributed by atoms with Gasteiger partial charge in [0.2, 0.25) is 0 Å². The zero-order valence-electron chi connectivity index (χ0n) is 9.15. The number of halogens is 3. The van der Waals surface area contributed by atoms with Crippen LogP contribution in [0.2, 0.25) is 0 Å². The second kappa shape index (κ2) is 4.55. The molecule has 0 saturated heterocycles. The monoisotopic (exact) mass is 230 g/mol. The molecule has 1 aromatic carbocycles. The number of nitrogens with zero attached hydrogens (tertiary/aromatic N) is 1. The summed E-state index contributed by atoms with van der Waals surface area (Å²) in [5, 5.41) is 2.83. The van der Waals surface area contributed by atoms with Crippen molar-refractivity contribution in [2.24, 2.45) is 4.99 Å². The molecule has 0 aliphatic rings. The number of aliphatic imine (C=N–C) groups is 1. The molecule has 1 rings (SSSR count). The van der Waals surface area contributed by atoms with Crippen molar-refractivity contribution in [3.05, 3.63) is 23.3 Å². The summed E-state index contributed by atoms with van der Waals surface area (Å²) < 4.78 is 37.9. The van der Waals surface area contributed by atoms with Crippen LogP contribution in [0.1, 0.15) is 18.1 Å². The lowest BCUT2D eigenvalue weighted by molar-refractivity contribution is -0.138. The smallest absolute Gasteiger partial charge is 0.384 e. The number of alkyl halides is 3. The molecule has 0 bridgehead atoms. The summed E-state index contributed by atoms with van der Waals surface area (Å²) in [6, 6.07) is 2.46. The van der Waals surface area contributed by atoms with E-state index in [0.29, 0.717) is 17.9 Å². The average Bonchev–Trinajstić information content (AvgIpc) is 2.18. The topological polar surface area (TPSA) is 24.4 Å². The Bertz CT molecular complexity index is 397. The molecular formula is C11H13F3N2. The summed E-state index contributed by atoms with van der Waals surface area (Å²) >= 11 is 0. The predicted molar refractivity (Wildman–Crippen MR) is 59.6 cm³/mol. The highest BCUT2D eigenvalue weighted by Crippen LogP contribution is 2.37. The lowest BCUT2D eigenvalue weighted by Gasteiger charge is -2.14. The van der Waals surface area contributed by atoms with E-state index in [0.717, 1.165) is 6.07 Å². The van der Waals surface area contributed by atoms with Gasteiger partial charge in [0, 0.05) is 6.54 Å². The van der Waals surface area contributed by atoms with Gasteiger partial charge in [-0.05, 0) is 38.3 Å². The van der Waals surface area contributed by atoms with Gasteiger partial charge < -0.3 is 5.32 Å². The molecule has 0 aromatic heterocycles. The van der Waals surface area contributed by atoms with Gasteiger partial charge in [-0.15, -0.1) is 0 Å². The fraction of sp³-hybridized carbons (Fsp3) is 0.364. The van der Waals surface area contributed by atoms with E-state index in [9.17, 15) is 13.2 Å². The van der Waals surface area contributed by atoms with Crippen LogP contribution in [0.3, 0.4) is 0 Å². The molecule has 0 aliphatic carbocycles. The molecule has 0 radical (unpaired) electrons. The van der Waals surface area contributed by atoms with Gasteiger partial charge in [0.25, 0.3) is 0 Å². The van der Waals surface area contributed by atoms with Gasteiger partial charge in [0.15, 0.2) is 0 Å². The van der Waals surface area contributed by atoms with Crippen LogP contribution in [0.5, 0.6) is 0 Å². The summed E-state index contributed by atoms with van der Waals surface area (Å²) in [6.45, 7) is 7.08. The third kappa shape index (κ3) is 2.53. The van der Waals surface area contributed by atoms with Crippen LogP contribution in [0.4, 0.5) is 24.5 Å².